The van der Waals surface area contributed by atoms with Crippen LogP contribution in [0, 0.1) is 0 Å². The highest BCUT2D eigenvalue weighted by atomic mass is 32.2. The summed E-state index contributed by atoms with van der Waals surface area (Å²) in [5, 5.41) is 2.70. The summed E-state index contributed by atoms with van der Waals surface area (Å²) >= 11 is 1.17. The van der Waals surface area contributed by atoms with Crippen molar-refractivity contribution in [1.29, 1.82) is 0 Å². The SMILES string of the molecule is COC(=O)Cn1c(=NC(=O)c2ccc(S(=O)(=O)N(C)Cc3ccccc3)cc2)sc2cc(NC(C)=O)ccc21. The fraction of sp³-hybridized carbons (Fsp3) is 0.185. The Kier molecular flexibility index (Phi) is 8.38. The number of esters is 1. The van der Waals surface area contributed by atoms with Gasteiger partial charge >= 0.3 is 5.97 Å². The Morgan fingerprint density at radius 1 is 1.03 bits per heavy atom. The lowest BCUT2D eigenvalue weighted by atomic mass is 10.2. The lowest BCUT2D eigenvalue weighted by Crippen LogP contribution is -2.26. The number of nitrogens with zero attached hydrogens (tertiary/aromatic N) is 3. The van der Waals surface area contributed by atoms with Crippen molar-refractivity contribution in [2.75, 3.05) is 19.5 Å². The van der Waals surface area contributed by atoms with Gasteiger partial charge in [0.15, 0.2) is 4.80 Å². The highest BCUT2D eigenvalue weighted by Crippen LogP contribution is 2.23. The molecule has 3 aromatic carbocycles. The van der Waals surface area contributed by atoms with Crippen molar-refractivity contribution in [2.24, 2.45) is 4.99 Å². The van der Waals surface area contributed by atoms with E-state index < -0.39 is 21.9 Å². The third-order valence-electron chi connectivity index (χ3n) is 5.77. The number of rotatable bonds is 8. The summed E-state index contributed by atoms with van der Waals surface area (Å²) in [5.41, 5.74) is 2.23. The van der Waals surface area contributed by atoms with E-state index in [1.54, 1.807) is 22.8 Å². The second kappa shape index (κ2) is 11.7. The van der Waals surface area contributed by atoms with E-state index in [-0.39, 0.29) is 34.3 Å². The summed E-state index contributed by atoms with van der Waals surface area (Å²) in [4.78, 5) is 41.0. The first kappa shape index (κ1) is 27.9. The van der Waals surface area contributed by atoms with Crippen molar-refractivity contribution >= 4 is 55.0 Å². The number of ether oxygens (including phenoxy) is 1. The smallest absolute Gasteiger partial charge is 0.325 e. The molecule has 0 spiro atoms. The van der Waals surface area contributed by atoms with Crippen LogP contribution in [-0.2, 0) is 37.4 Å². The number of carbonyl (C=O) groups excluding carboxylic acids is 3. The number of hydrogen-bond donors (Lipinski definition) is 1. The van der Waals surface area contributed by atoms with E-state index in [1.807, 2.05) is 30.3 Å². The minimum Gasteiger partial charge on any atom is -0.468 e. The molecule has 0 aliphatic rings. The predicted molar refractivity (Wildman–Crippen MR) is 148 cm³/mol. The Bertz CT molecular complexity index is 1710. The van der Waals surface area contributed by atoms with Gasteiger partial charge in [0.1, 0.15) is 6.54 Å². The fourth-order valence-electron chi connectivity index (χ4n) is 3.81. The molecular formula is C27H26N4O6S2. The summed E-state index contributed by atoms with van der Waals surface area (Å²) in [7, 11) is -1.02. The summed E-state index contributed by atoms with van der Waals surface area (Å²) in [6, 6.07) is 19.9. The zero-order valence-corrected chi connectivity index (χ0v) is 23.1. The lowest BCUT2D eigenvalue weighted by molar-refractivity contribution is -0.141. The molecule has 0 saturated carbocycles. The fourth-order valence-corrected chi connectivity index (χ4v) is 6.04. The van der Waals surface area contributed by atoms with Crippen LogP contribution in [0.1, 0.15) is 22.8 Å². The molecule has 39 heavy (non-hydrogen) atoms. The van der Waals surface area contributed by atoms with Crippen LogP contribution in [0.4, 0.5) is 5.69 Å². The van der Waals surface area contributed by atoms with Gasteiger partial charge in [0.05, 0.1) is 22.2 Å². The minimum atomic E-state index is -3.78. The predicted octanol–water partition coefficient (Wildman–Crippen LogP) is 3.40. The number of amides is 2. The van der Waals surface area contributed by atoms with Crippen LogP contribution in [0.3, 0.4) is 0 Å². The first-order valence-corrected chi connectivity index (χ1v) is 14.0. The molecule has 4 rings (SSSR count). The van der Waals surface area contributed by atoms with Gasteiger partial charge in [-0.3, -0.25) is 14.4 Å². The van der Waals surface area contributed by atoms with E-state index in [9.17, 15) is 22.8 Å². The van der Waals surface area contributed by atoms with Crippen molar-refractivity contribution in [1.82, 2.24) is 8.87 Å². The Labute approximate surface area is 229 Å². The Morgan fingerprint density at radius 3 is 2.36 bits per heavy atom. The van der Waals surface area contributed by atoms with Gasteiger partial charge in [-0.05, 0) is 48.0 Å². The molecule has 2 amide bonds. The van der Waals surface area contributed by atoms with Gasteiger partial charge in [-0.15, -0.1) is 0 Å². The molecule has 0 radical (unpaired) electrons. The van der Waals surface area contributed by atoms with Crippen molar-refractivity contribution in [3.8, 4) is 0 Å². The number of sulfonamides is 1. The molecule has 4 aromatic rings. The standard InChI is InChI=1S/C27H26N4O6S2/c1-18(32)28-21-11-14-23-24(15-21)38-27(31(23)17-25(33)37-3)29-26(34)20-9-12-22(13-10-20)39(35,36)30(2)16-19-7-5-4-6-8-19/h4-15H,16-17H2,1-3H3,(H,28,32). The number of aromatic nitrogens is 1. The molecule has 0 atom stereocenters. The van der Waals surface area contributed by atoms with Gasteiger partial charge in [-0.1, -0.05) is 41.7 Å². The Hall–Kier alpha value is -4.13. The number of fused-ring (bicyclic) bond motifs is 1. The van der Waals surface area contributed by atoms with Crippen LogP contribution in [0.25, 0.3) is 10.2 Å². The van der Waals surface area contributed by atoms with Gasteiger partial charge < -0.3 is 14.6 Å². The molecule has 0 saturated heterocycles. The average Bonchev–Trinajstić information content (AvgIpc) is 3.24. The quantitative estimate of drug-likeness (QED) is 0.326. The number of nitrogens with one attached hydrogen (secondary N) is 1. The average molecular weight is 567 g/mol. The second-order valence-electron chi connectivity index (χ2n) is 8.60. The normalized spacial score (nSPS) is 12.1. The molecule has 1 N–H and O–H groups in total. The number of hydrogen-bond acceptors (Lipinski definition) is 7. The van der Waals surface area contributed by atoms with Crippen LogP contribution in [0.2, 0.25) is 0 Å². The number of benzene rings is 3. The summed E-state index contributed by atoms with van der Waals surface area (Å²) in [6.45, 7) is 1.43. The van der Waals surface area contributed by atoms with Crippen LogP contribution in [-0.4, -0.2) is 49.2 Å². The van der Waals surface area contributed by atoms with Gasteiger partial charge in [0.2, 0.25) is 15.9 Å². The van der Waals surface area contributed by atoms with Gasteiger partial charge in [-0.25, -0.2) is 8.42 Å². The maximum absolute atomic E-state index is 13.0. The highest BCUT2D eigenvalue weighted by Gasteiger charge is 2.21. The summed E-state index contributed by atoms with van der Waals surface area (Å²) in [5.74, 6) is -1.36. The Morgan fingerprint density at radius 2 is 1.72 bits per heavy atom. The topological polar surface area (TPSA) is 127 Å². The largest absolute Gasteiger partial charge is 0.468 e. The number of methoxy groups -OCH3 is 1. The maximum atomic E-state index is 13.0. The first-order chi connectivity index (χ1) is 18.6. The first-order valence-electron chi connectivity index (χ1n) is 11.8. The molecule has 0 aliphatic carbocycles. The van der Waals surface area contributed by atoms with E-state index >= 15 is 0 Å². The van der Waals surface area contributed by atoms with Crippen LogP contribution < -0.4 is 10.1 Å². The maximum Gasteiger partial charge on any atom is 0.325 e. The monoisotopic (exact) mass is 566 g/mol. The third kappa shape index (κ3) is 6.48. The van der Waals surface area contributed by atoms with Gasteiger partial charge in [0.25, 0.3) is 5.91 Å². The number of anilines is 1. The van der Waals surface area contributed by atoms with E-state index in [4.69, 9.17) is 4.74 Å². The molecule has 1 aromatic heterocycles. The second-order valence-corrected chi connectivity index (χ2v) is 11.7. The van der Waals surface area contributed by atoms with E-state index in [0.717, 1.165) is 5.56 Å². The van der Waals surface area contributed by atoms with Gasteiger partial charge in [0, 0.05) is 31.8 Å². The molecule has 0 bridgehead atoms. The molecule has 0 fully saturated rings. The highest BCUT2D eigenvalue weighted by molar-refractivity contribution is 7.89. The zero-order valence-electron chi connectivity index (χ0n) is 21.5. The molecule has 10 nitrogen and oxygen atoms in total. The van der Waals surface area contributed by atoms with Crippen LogP contribution >= 0.6 is 11.3 Å². The molecule has 12 heteroatoms. The minimum absolute atomic E-state index is 0.0469. The molecule has 0 unspecified atom stereocenters. The number of thiazole rings is 1. The molecule has 1 heterocycles. The summed E-state index contributed by atoms with van der Waals surface area (Å²) < 4.78 is 34.3. The van der Waals surface area contributed by atoms with Crippen molar-refractivity contribution in [3.63, 3.8) is 0 Å². The zero-order chi connectivity index (χ0) is 28.2. The van der Waals surface area contributed by atoms with Gasteiger partial charge in [-0.2, -0.15) is 9.30 Å². The van der Waals surface area contributed by atoms with E-state index in [1.165, 1.54) is 61.0 Å². The molecular weight excluding hydrogens is 540 g/mol. The van der Waals surface area contributed by atoms with E-state index in [0.29, 0.717) is 15.9 Å². The lowest BCUT2D eigenvalue weighted by Gasteiger charge is -2.17. The van der Waals surface area contributed by atoms with Crippen LogP contribution in [0.5, 0.6) is 0 Å². The molecule has 0 aliphatic heterocycles. The third-order valence-corrected chi connectivity index (χ3v) is 8.63. The van der Waals surface area contributed by atoms with Crippen molar-refractivity contribution < 1.29 is 27.5 Å². The summed E-state index contributed by atoms with van der Waals surface area (Å²) in [6.07, 6.45) is 0. The van der Waals surface area contributed by atoms with Crippen LogP contribution in [0.15, 0.2) is 82.7 Å². The van der Waals surface area contributed by atoms with E-state index in [2.05, 4.69) is 10.3 Å². The molecule has 202 valence electrons. The van der Waals surface area contributed by atoms with Crippen molar-refractivity contribution in [3.05, 3.63) is 88.7 Å². The Balaban J connectivity index is 1.64. The number of carbonyl (C=O) groups is 3. The van der Waals surface area contributed by atoms with Crippen molar-refractivity contribution in [2.45, 2.75) is 24.9 Å².